The Balaban J connectivity index is 1.31. The first-order valence-corrected chi connectivity index (χ1v) is 10.7. The highest BCUT2D eigenvalue weighted by Gasteiger charge is 2.44. The fourth-order valence-corrected chi connectivity index (χ4v) is 5.16. The van der Waals surface area contributed by atoms with Crippen LogP contribution in [0.15, 0.2) is 48.5 Å². The highest BCUT2D eigenvalue weighted by atomic mass is 32.2. The van der Waals surface area contributed by atoms with Gasteiger partial charge >= 0.3 is 0 Å². The van der Waals surface area contributed by atoms with E-state index < -0.39 is 10.0 Å². The van der Waals surface area contributed by atoms with Gasteiger partial charge in [-0.05, 0) is 48.1 Å². The first kappa shape index (κ1) is 18.0. The molecule has 0 bridgehead atoms. The van der Waals surface area contributed by atoms with Crippen LogP contribution in [0.4, 0.5) is 10.1 Å². The van der Waals surface area contributed by atoms with E-state index in [9.17, 15) is 17.6 Å². The second-order valence-corrected chi connectivity index (χ2v) is 9.07. The number of rotatable bonds is 6. The molecule has 0 aromatic heterocycles. The maximum absolute atomic E-state index is 13.3. The molecule has 27 heavy (non-hydrogen) atoms. The summed E-state index contributed by atoms with van der Waals surface area (Å²) in [6.45, 7) is 0.520. The molecule has 1 heterocycles. The molecule has 0 unspecified atom stereocenters. The molecule has 2 atom stereocenters. The highest BCUT2D eigenvalue weighted by Crippen LogP contribution is 2.47. The molecule has 2 aromatic rings. The summed E-state index contributed by atoms with van der Waals surface area (Å²) in [5.41, 5.74) is 2.58. The van der Waals surface area contributed by atoms with Crippen molar-refractivity contribution in [1.82, 2.24) is 5.32 Å². The average molecular weight is 388 g/mol. The predicted octanol–water partition coefficient (Wildman–Crippen LogP) is 2.44. The van der Waals surface area contributed by atoms with Gasteiger partial charge in [-0.3, -0.25) is 9.10 Å². The SMILES string of the molecule is O=C(NCCS(=O)(=O)N1CCc2ccccc21)[C@H]1C[C@H]1c1cccc(F)c1. The van der Waals surface area contributed by atoms with Gasteiger partial charge in [-0.15, -0.1) is 0 Å². The highest BCUT2D eigenvalue weighted by molar-refractivity contribution is 7.92. The molecule has 1 saturated carbocycles. The molecule has 1 N–H and O–H groups in total. The summed E-state index contributed by atoms with van der Waals surface area (Å²) in [6, 6.07) is 13.8. The van der Waals surface area contributed by atoms with Crippen LogP contribution >= 0.6 is 0 Å². The third-order valence-electron chi connectivity index (χ3n) is 5.24. The fourth-order valence-electron chi connectivity index (χ4n) is 3.73. The number of nitrogens with zero attached hydrogens (tertiary/aromatic N) is 1. The van der Waals surface area contributed by atoms with Crippen LogP contribution in [0.5, 0.6) is 0 Å². The van der Waals surface area contributed by atoms with Gasteiger partial charge in [-0.2, -0.15) is 0 Å². The first-order chi connectivity index (χ1) is 13.0. The van der Waals surface area contributed by atoms with Crippen LogP contribution in [0.1, 0.15) is 23.5 Å². The topological polar surface area (TPSA) is 66.5 Å². The van der Waals surface area contributed by atoms with Crippen molar-refractivity contribution in [3.05, 3.63) is 65.5 Å². The van der Waals surface area contributed by atoms with Gasteiger partial charge in [0.1, 0.15) is 5.82 Å². The van der Waals surface area contributed by atoms with Crippen molar-refractivity contribution in [1.29, 1.82) is 0 Å². The second-order valence-electron chi connectivity index (χ2n) is 7.06. The molecule has 2 aromatic carbocycles. The van der Waals surface area contributed by atoms with Gasteiger partial charge in [0, 0.05) is 19.0 Å². The molecule has 0 saturated heterocycles. The van der Waals surface area contributed by atoms with E-state index in [-0.39, 0.29) is 35.9 Å². The molecule has 0 spiro atoms. The van der Waals surface area contributed by atoms with E-state index in [0.29, 0.717) is 19.4 Å². The molecule has 7 heteroatoms. The summed E-state index contributed by atoms with van der Waals surface area (Å²) < 4.78 is 40.0. The lowest BCUT2D eigenvalue weighted by Gasteiger charge is -2.19. The smallest absolute Gasteiger partial charge is 0.236 e. The number of amides is 1. The van der Waals surface area contributed by atoms with Crippen LogP contribution < -0.4 is 9.62 Å². The van der Waals surface area contributed by atoms with Crippen molar-refractivity contribution in [2.24, 2.45) is 5.92 Å². The van der Waals surface area contributed by atoms with Crippen LogP contribution in [0.3, 0.4) is 0 Å². The monoisotopic (exact) mass is 388 g/mol. The third kappa shape index (κ3) is 3.69. The summed E-state index contributed by atoms with van der Waals surface area (Å²) in [7, 11) is -3.48. The van der Waals surface area contributed by atoms with Crippen LogP contribution in [0.25, 0.3) is 0 Å². The normalized spacial score (nSPS) is 21.0. The van der Waals surface area contributed by atoms with E-state index >= 15 is 0 Å². The van der Waals surface area contributed by atoms with Crippen molar-refractivity contribution in [2.45, 2.75) is 18.8 Å². The maximum Gasteiger partial charge on any atom is 0.236 e. The van der Waals surface area contributed by atoms with E-state index in [1.165, 1.54) is 16.4 Å². The van der Waals surface area contributed by atoms with E-state index in [1.54, 1.807) is 6.07 Å². The van der Waals surface area contributed by atoms with Gasteiger partial charge in [0.25, 0.3) is 0 Å². The van der Waals surface area contributed by atoms with Crippen molar-refractivity contribution in [3.63, 3.8) is 0 Å². The van der Waals surface area contributed by atoms with Gasteiger partial charge in [0.15, 0.2) is 0 Å². The first-order valence-electron chi connectivity index (χ1n) is 9.07. The van der Waals surface area contributed by atoms with Gasteiger partial charge in [-0.25, -0.2) is 12.8 Å². The van der Waals surface area contributed by atoms with Crippen LogP contribution in [-0.4, -0.2) is 33.2 Å². The van der Waals surface area contributed by atoms with Crippen LogP contribution in [0, 0.1) is 11.7 Å². The number of hydrogen-bond acceptors (Lipinski definition) is 3. The molecule has 5 nitrogen and oxygen atoms in total. The Labute approximate surface area is 158 Å². The lowest BCUT2D eigenvalue weighted by molar-refractivity contribution is -0.122. The molecule has 1 aliphatic heterocycles. The minimum atomic E-state index is -3.48. The molecule has 1 fully saturated rings. The number of benzene rings is 2. The molecule has 1 amide bonds. The quantitative estimate of drug-likeness (QED) is 0.827. The Bertz CT molecular complexity index is 977. The Hall–Kier alpha value is -2.41. The van der Waals surface area contributed by atoms with Crippen LogP contribution in [0.2, 0.25) is 0 Å². The summed E-state index contributed by atoms with van der Waals surface area (Å²) in [5.74, 6) is -0.800. The van der Waals surface area contributed by atoms with Crippen molar-refractivity contribution in [3.8, 4) is 0 Å². The Morgan fingerprint density at radius 1 is 1.19 bits per heavy atom. The van der Waals surface area contributed by atoms with Gasteiger partial charge in [0.05, 0.1) is 11.4 Å². The predicted molar refractivity (Wildman–Crippen MR) is 102 cm³/mol. The van der Waals surface area contributed by atoms with Gasteiger partial charge in [-0.1, -0.05) is 30.3 Å². The number of hydrogen-bond donors (Lipinski definition) is 1. The number of carbonyl (C=O) groups excluding carboxylic acids is 1. The van der Waals surface area contributed by atoms with Crippen LogP contribution in [-0.2, 0) is 21.2 Å². The lowest BCUT2D eigenvalue weighted by atomic mass is 10.1. The largest absolute Gasteiger partial charge is 0.355 e. The molecule has 1 aliphatic carbocycles. The minimum absolute atomic E-state index is 0.0165. The number of fused-ring (bicyclic) bond motifs is 1. The summed E-state index contributed by atoms with van der Waals surface area (Å²) in [4.78, 5) is 12.3. The Morgan fingerprint density at radius 2 is 2.00 bits per heavy atom. The number of nitrogens with one attached hydrogen (secondary N) is 1. The third-order valence-corrected chi connectivity index (χ3v) is 7.01. The number of halogens is 1. The molecule has 4 rings (SSSR count). The molecule has 0 radical (unpaired) electrons. The molecule has 142 valence electrons. The zero-order chi connectivity index (χ0) is 19.0. The zero-order valence-corrected chi connectivity index (χ0v) is 15.6. The van der Waals surface area contributed by atoms with E-state index in [0.717, 1.165) is 16.8 Å². The zero-order valence-electron chi connectivity index (χ0n) is 14.8. The number of sulfonamides is 1. The summed E-state index contributed by atoms with van der Waals surface area (Å²) in [5, 5.41) is 2.72. The Morgan fingerprint density at radius 3 is 2.81 bits per heavy atom. The second kappa shape index (κ2) is 6.96. The Kier molecular flexibility index (Phi) is 4.63. The minimum Gasteiger partial charge on any atom is -0.355 e. The van der Waals surface area contributed by atoms with Crippen molar-refractivity contribution in [2.75, 3.05) is 23.1 Å². The maximum atomic E-state index is 13.3. The number of para-hydroxylation sites is 1. The standard InChI is InChI=1S/C20H21FN2O3S/c21-16-6-3-5-15(12-16)17-13-18(17)20(24)22-9-11-27(25,26)23-10-8-14-4-1-2-7-19(14)23/h1-7,12,17-18H,8-11,13H2,(H,22,24)/t17-,18-/m0/s1. The molecule has 2 aliphatic rings. The fraction of sp³-hybridized carbons (Fsp3) is 0.350. The summed E-state index contributed by atoms with van der Waals surface area (Å²) in [6.07, 6.45) is 1.38. The number of carbonyl (C=O) groups is 1. The molecular formula is C20H21FN2O3S. The van der Waals surface area contributed by atoms with E-state index in [1.807, 2.05) is 30.3 Å². The average Bonchev–Trinajstić information content (AvgIpc) is 3.32. The van der Waals surface area contributed by atoms with Gasteiger partial charge < -0.3 is 5.32 Å². The van der Waals surface area contributed by atoms with Crippen molar-refractivity contribution >= 4 is 21.6 Å². The van der Waals surface area contributed by atoms with E-state index in [2.05, 4.69) is 5.32 Å². The summed E-state index contributed by atoms with van der Waals surface area (Å²) >= 11 is 0. The number of anilines is 1. The van der Waals surface area contributed by atoms with Gasteiger partial charge in [0.2, 0.25) is 15.9 Å². The lowest BCUT2D eigenvalue weighted by Crippen LogP contribution is -2.37. The van der Waals surface area contributed by atoms with Crippen molar-refractivity contribution < 1.29 is 17.6 Å². The molecular weight excluding hydrogens is 367 g/mol. The van der Waals surface area contributed by atoms with E-state index in [4.69, 9.17) is 0 Å².